The molecule has 32 heavy (non-hydrogen) atoms. The van der Waals surface area contributed by atoms with Crippen molar-refractivity contribution in [3.63, 3.8) is 0 Å². The number of hydrogen-bond acceptors (Lipinski definition) is 3. The van der Waals surface area contributed by atoms with Gasteiger partial charge in [0, 0.05) is 13.1 Å². The first-order valence-corrected chi connectivity index (χ1v) is 10.8. The highest BCUT2D eigenvalue weighted by Crippen LogP contribution is 2.36. The monoisotopic (exact) mass is 442 g/mol. The van der Waals surface area contributed by atoms with Gasteiger partial charge in [0.05, 0.1) is 12.1 Å². The lowest BCUT2D eigenvalue weighted by molar-refractivity contribution is -0.0428. The predicted molar refractivity (Wildman–Crippen MR) is 120 cm³/mol. The molecule has 1 aliphatic rings. The van der Waals surface area contributed by atoms with Crippen LogP contribution in [-0.4, -0.2) is 51.9 Å². The third-order valence-corrected chi connectivity index (χ3v) is 5.84. The van der Waals surface area contributed by atoms with E-state index in [-0.39, 0.29) is 26.1 Å². The largest absolute Gasteiger partial charge is 0.465 e. The van der Waals surface area contributed by atoms with Crippen molar-refractivity contribution >= 4 is 12.2 Å². The van der Waals surface area contributed by atoms with Crippen molar-refractivity contribution in [1.82, 2.24) is 9.80 Å². The zero-order chi connectivity index (χ0) is 23.3. The van der Waals surface area contributed by atoms with Gasteiger partial charge in [0.15, 0.2) is 0 Å². The third kappa shape index (κ3) is 5.58. The van der Waals surface area contributed by atoms with Crippen molar-refractivity contribution in [3.05, 3.63) is 71.8 Å². The molecule has 3 atom stereocenters. The number of nitrogens with zero attached hydrogens (tertiary/aromatic N) is 2. The first-order chi connectivity index (χ1) is 15.2. The summed E-state index contributed by atoms with van der Waals surface area (Å²) < 4.78 is 21.5. The Labute approximate surface area is 188 Å². The van der Waals surface area contributed by atoms with Crippen molar-refractivity contribution in [2.24, 2.45) is 5.41 Å². The lowest BCUT2D eigenvalue weighted by Crippen LogP contribution is -2.63. The smallest absolute Gasteiger partial charge is 0.410 e. The minimum absolute atomic E-state index is 0.0819. The number of piperidine rings is 1. The number of rotatable bonds is 5. The molecule has 1 fully saturated rings. The van der Waals surface area contributed by atoms with Gasteiger partial charge in [-0.3, -0.25) is 4.90 Å². The van der Waals surface area contributed by atoms with Crippen molar-refractivity contribution in [1.29, 1.82) is 0 Å². The zero-order valence-corrected chi connectivity index (χ0v) is 18.8. The first kappa shape index (κ1) is 23.6. The highest BCUT2D eigenvalue weighted by Gasteiger charge is 2.49. The molecule has 1 N–H and O–H groups in total. The quantitative estimate of drug-likeness (QED) is 0.679. The summed E-state index contributed by atoms with van der Waals surface area (Å²) in [7, 11) is 0. The van der Waals surface area contributed by atoms with Gasteiger partial charge in [-0.1, -0.05) is 81.4 Å². The predicted octanol–water partition coefficient (Wildman–Crippen LogP) is 5.33. The van der Waals surface area contributed by atoms with Gasteiger partial charge >= 0.3 is 12.2 Å². The Hall–Kier alpha value is -3.09. The van der Waals surface area contributed by atoms with E-state index >= 15 is 4.39 Å². The number of carbonyl (C=O) groups excluding carboxylic acids is 1. The number of halogens is 1. The second-order valence-corrected chi connectivity index (χ2v) is 9.24. The Morgan fingerprint density at radius 2 is 1.62 bits per heavy atom. The molecule has 0 spiro atoms. The van der Waals surface area contributed by atoms with E-state index in [0.717, 1.165) is 16.0 Å². The highest BCUT2D eigenvalue weighted by molar-refractivity contribution is 5.69. The molecule has 0 radical (unpaired) electrons. The molecule has 0 aromatic heterocycles. The van der Waals surface area contributed by atoms with Crippen molar-refractivity contribution in [3.8, 4) is 0 Å². The summed E-state index contributed by atoms with van der Waals surface area (Å²) in [6.45, 7) is 5.87. The summed E-state index contributed by atoms with van der Waals surface area (Å²) in [5.41, 5.74) is 1.05. The molecular formula is C25H31FN2O4. The molecule has 2 aromatic carbocycles. The van der Waals surface area contributed by atoms with Gasteiger partial charge in [0.25, 0.3) is 0 Å². The first-order valence-electron chi connectivity index (χ1n) is 10.8. The molecule has 1 heterocycles. The lowest BCUT2D eigenvalue weighted by Gasteiger charge is -2.49. The normalized spacial score (nSPS) is 21.1. The average Bonchev–Trinajstić information content (AvgIpc) is 2.76. The van der Waals surface area contributed by atoms with Crippen LogP contribution in [0.15, 0.2) is 60.7 Å². The van der Waals surface area contributed by atoms with E-state index in [1.54, 1.807) is 0 Å². The van der Waals surface area contributed by atoms with E-state index in [2.05, 4.69) is 0 Å². The molecule has 7 heteroatoms. The van der Waals surface area contributed by atoms with Crippen LogP contribution in [0.4, 0.5) is 14.0 Å². The van der Waals surface area contributed by atoms with Crippen LogP contribution in [0.25, 0.3) is 0 Å². The van der Waals surface area contributed by atoms with Crippen LogP contribution in [0.5, 0.6) is 0 Å². The van der Waals surface area contributed by atoms with Crippen LogP contribution < -0.4 is 0 Å². The third-order valence-electron chi connectivity index (χ3n) is 5.84. The Morgan fingerprint density at radius 3 is 2.16 bits per heavy atom. The van der Waals surface area contributed by atoms with Gasteiger partial charge in [0.2, 0.25) is 0 Å². The van der Waals surface area contributed by atoms with Crippen LogP contribution in [0, 0.1) is 5.41 Å². The molecule has 3 unspecified atom stereocenters. The van der Waals surface area contributed by atoms with Crippen molar-refractivity contribution in [2.75, 3.05) is 6.54 Å². The lowest BCUT2D eigenvalue weighted by atomic mass is 9.77. The van der Waals surface area contributed by atoms with Gasteiger partial charge in [-0.25, -0.2) is 14.0 Å². The number of ether oxygens (including phenoxy) is 1. The number of amides is 2. The van der Waals surface area contributed by atoms with Crippen LogP contribution in [0.1, 0.15) is 38.3 Å². The van der Waals surface area contributed by atoms with Crippen LogP contribution >= 0.6 is 0 Å². The Kier molecular flexibility index (Phi) is 7.38. The number of hydrogen-bond donors (Lipinski definition) is 1. The molecule has 0 saturated carbocycles. The van der Waals surface area contributed by atoms with E-state index in [0.29, 0.717) is 0 Å². The van der Waals surface area contributed by atoms with Gasteiger partial charge in [-0.15, -0.1) is 0 Å². The second-order valence-electron chi connectivity index (χ2n) is 9.24. The van der Waals surface area contributed by atoms with Crippen molar-refractivity contribution < 1.29 is 23.8 Å². The maximum Gasteiger partial charge on any atom is 0.410 e. The summed E-state index contributed by atoms with van der Waals surface area (Å²) in [5, 5.41) is 9.62. The van der Waals surface area contributed by atoms with Crippen LogP contribution in [0.3, 0.4) is 0 Å². The summed E-state index contributed by atoms with van der Waals surface area (Å²) in [6.07, 6.45) is -3.10. The second kappa shape index (κ2) is 10.0. The van der Waals surface area contributed by atoms with Gasteiger partial charge in [0.1, 0.15) is 12.8 Å². The Morgan fingerprint density at radius 1 is 1.06 bits per heavy atom. The van der Waals surface area contributed by atoms with E-state index in [1.165, 1.54) is 4.90 Å². The number of carboxylic acid groups (broad SMARTS) is 1. The van der Waals surface area contributed by atoms with Gasteiger partial charge in [-0.05, 0) is 23.0 Å². The molecule has 0 aliphatic carbocycles. The van der Waals surface area contributed by atoms with Crippen LogP contribution in [0.2, 0.25) is 0 Å². The number of likely N-dealkylation sites (tertiary alicyclic amines) is 1. The average molecular weight is 443 g/mol. The van der Waals surface area contributed by atoms with E-state index < -0.39 is 35.9 Å². The SMILES string of the molecule is CC(C)(C)C1C(F)C(N(Cc2ccccc2)C(=O)OCc2ccccc2)CCN1C(=O)O. The Balaban J connectivity index is 1.86. The van der Waals surface area contributed by atoms with Crippen molar-refractivity contribution in [2.45, 2.75) is 58.6 Å². The minimum atomic E-state index is -1.55. The van der Waals surface area contributed by atoms with E-state index in [1.807, 2.05) is 81.4 Å². The number of alkyl halides is 1. The standard InChI is InChI=1S/C25H31FN2O4/c1-25(2,3)22-21(26)20(14-15-27(22)23(29)30)28(16-18-10-6-4-7-11-18)24(31)32-17-19-12-8-5-9-13-19/h4-13,20-22H,14-17H2,1-3H3,(H,29,30). The fraction of sp³-hybridized carbons (Fsp3) is 0.440. The minimum Gasteiger partial charge on any atom is -0.465 e. The maximum absolute atomic E-state index is 15.9. The molecule has 6 nitrogen and oxygen atoms in total. The fourth-order valence-electron chi connectivity index (χ4n) is 4.34. The summed E-state index contributed by atoms with van der Waals surface area (Å²) in [5.74, 6) is 0. The van der Waals surface area contributed by atoms with E-state index in [9.17, 15) is 14.7 Å². The van der Waals surface area contributed by atoms with Gasteiger partial charge < -0.3 is 14.7 Å². The maximum atomic E-state index is 15.9. The zero-order valence-electron chi connectivity index (χ0n) is 18.8. The summed E-state index contributed by atoms with van der Waals surface area (Å²) >= 11 is 0. The highest BCUT2D eigenvalue weighted by atomic mass is 19.1. The molecule has 0 bridgehead atoms. The molecular weight excluding hydrogens is 411 g/mol. The number of carbonyl (C=O) groups is 2. The van der Waals surface area contributed by atoms with E-state index in [4.69, 9.17) is 4.74 Å². The molecule has 3 rings (SSSR count). The fourth-order valence-corrected chi connectivity index (χ4v) is 4.34. The summed E-state index contributed by atoms with van der Waals surface area (Å²) in [4.78, 5) is 27.5. The van der Waals surface area contributed by atoms with Gasteiger partial charge in [-0.2, -0.15) is 0 Å². The molecule has 2 aromatic rings. The molecule has 1 aliphatic heterocycles. The Bertz CT molecular complexity index is 901. The topological polar surface area (TPSA) is 70.1 Å². The molecule has 1 saturated heterocycles. The molecule has 172 valence electrons. The number of benzene rings is 2. The molecule has 2 amide bonds. The van der Waals surface area contributed by atoms with Crippen LogP contribution in [-0.2, 0) is 17.9 Å². The summed E-state index contributed by atoms with van der Waals surface area (Å²) in [6, 6.07) is 17.0.